The molecule has 96 valence electrons. The van der Waals surface area contributed by atoms with Crippen LogP contribution in [0.15, 0.2) is 33.7 Å². The van der Waals surface area contributed by atoms with Gasteiger partial charge in [-0.05, 0) is 28.1 Å². The standard InChI is InChI=1S/C10H12BrN5OS/c11-6-3-1-2-4-7(6)15-8(17)5-18-10(14)16-9(12)13/h1-4H,5H2,(H,15,17)(H5,12,13,14,16). The molecule has 0 aliphatic heterocycles. The highest BCUT2D eigenvalue weighted by atomic mass is 79.9. The minimum Gasteiger partial charge on any atom is -0.370 e. The Morgan fingerprint density at radius 1 is 1.44 bits per heavy atom. The molecule has 0 spiro atoms. The molecule has 0 aliphatic carbocycles. The molecular formula is C10H12BrN5OS. The highest BCUT2D eigenvalue weighted by Gasteiger charge is 2.06. The molecule has 0 aromatic heterocycles. The van der Waals surface area contributed by atoms with Crippen LogP contribution in [0.4, 0.5) is 5.69 Å². The number of nitrogens with zero attached hydrogens (tertiary/aromatic N) is 1. The number of anilines is 1. The van der Waals surface area contributed by atoms with Gasteiger partial charge in [-0.1, -0.05) is 23.9 Å². The molecule has 0 saturated heterocycles. The van der Waals surface area contributed by atoms with E-state index in [1.165, 1.54) is 0 Å². The number of aliphatic imine (C=N–C) groups is 1. The van der Waals surface area contributed by atoms with Crippen LogP contribution < -0.4 is 16.8 Å². The van der Waals surface area contributed by atoms with Crippen molar-refractivity contribution in [1.29, 1.82) is 5.41 Å². The number of para-hydroxylation sites is 1. The first-order valence-electron chi connectivity index (χ1n) is 4.84. The summed E-state index contributed by atoms with van der Waals surface area (Å²) in [6.45, 7) is 0. The predicted octanol–water partition coefficient (Wildman–Crippen LogP) is 1.33. The van der Waals surface area contributed by atoms with Gasteiger partial charge in [0, 0.05) is 4.47 Å². The maximum Gasteiger partial charge on any atom is 0.234 e. The van der Waals surface area contributed by atoms with Crippen molar-refractivity contribution in [1.82, 2.24) is 0 Å². The third-order valence-corrected chi connectivity index (χ3v) is 3.18. The predicted molar refractivity (Wildman–Crippen MR) is 78.8 cm³/mol. The number of rotatable bonds is 3. The summed E-state index contributed by atoms with van der Waals surface area (Å²) < 4.78 is 0.794. The Morgan fingerprint density at radius 3 is 2.72 bits per heavy atom. The number of guanidine groups is 1. The zero-order chi connectivity index (χ0) is 13.5. The van der Waals surface area contributed by atoms with E-state index in [0.717, 1.165) is 16.2 Å². The van der Waals surface area contributed by atoms with Gasteiger partial charge < -0.3 is 16.8 Å². The molecule has 0 fully saturated rings. The molecule has 0 bridgehead atoms. The normalized spacial score (nSPS) is 9.61. The summed E-state index contributed by atoms with van der Waals surface area (Å²) in [5.74, 6) is -0.363. The fourth-order valence-corrected chi connectivity index (χ4v) is 1.93. The lowest BCUT2D eigenvalue weighted by atomic mass is 10.3. The van der Waals surface area contributed by atoms with Crippen LogP contribution in [0.2, 0.25) is 0 Å². The highest BCUT2D eigenvalue weighted by Crippen LogP contribution is 2.21. The third-order valence-electron chi connectivity index (χ3n) is 1.72. The lowest BCUT2D eigenvalue weighted by Gasteiger charge is -2.06. The Balaban J connectivity index is 2.46. The van der Waals surface area contributed by atoms with Crippen molar-refractivity contribution in [3.05, 3.63) is 28.7 Å². The second-order valence-electron chi connectivity index (χ2n) is 3.16. The van der Waals surface area contributed by atoms with Gasteiger partial charge in [-0.15, -0.1) is 0 Å². The zero-order valence-electron chi connectivity index (χ0n) is 9.31. The van der Waals surface area contributed by atoms with Gasteiger partial charge in [0.15, 0.2) is 11.1 Å². The van der Waals surface area contributed by atoms with E-state index >= 15 is 0 Å². The molecule has 6 N–H and O–H groups in total. The average Bonchev–Trinajstić information content (AvgIpc) is 2.29. The van der Waals surface area contributed by atoms with Crippen LogP contribution in [0, 0.1) is 5.41 Å². The number of carbonyl (C=O) groups is 1. The zero-order valence-corrected chi connectivity index (χ0v) is 11.7. The lowest BCUT2D eigenvalue weighted by molar-refractivity contribution is -0.113. The van der Waals surface area contributed by atoms with E-state index in [-0.39, 0.29) is 22.8 Å². The third kappa shape index (κ3) is 5.19. The van der Waals surface area contributed by atoms with Crippen LogP contribution in [0.5, 0.6) is 0 Å². The first-order chi connectivity index (χ1) is 8.49. The van der Waals surface area contributed by atoms with Crippen molar-refractivity contribution in [3.8, 4) is 0 Å². The van der Waals surface area contributed by atoms with E-state index in [9.17, 15) is 4.79 Å². The van der Waals surface area contributed by atoms with Crippen LogP contribution in [0.1, 0.15) is 0 Å². The molecule has 0 heterocycles. The van der Waals surface area contributed by atoms with Gasteiger partial charge in [0.25, 0.3) is 0 Å². The number of amides is 1. The van der Waals surface area contributed by atoms with Gasteiger partial charge in [0.05, 0.1) is 11.4 Å². The minimum atomic E-state index is -0.234. The molecule has 0 saturated carbocycles. The quantitative estimate of drug-likeness (QED) is 0.494. The summed E-state index contributed by atoms with van der Waals surface area (Å²) in [5.41, 5.74) is 10.9. The molecule has 18 heavy (non-hydrogen) atoms. The molecule has 8 heteroatoms. The van der Waals surface area contributed by atoms with Gasteiger partial charge in [-0.2, -0.15) is 4.99 Å². The Kier molecular flexibility index (Phi) is 5.66. The number of thioether (sulfide) groups is 1. The Labute approximate surface area is 117 Å². The summed E-state index contributed by atoms with van der Waals surface area (Å²) in [6.07, 6.45) is 0. The van der Waals surface area contributed by atoms with E-state index in [1.54, 1.807) is 6.07 Å². The SMILES string of the molecule is N=C(N=C(N)N)SCC(=O)Nc1ccccc1Br. The molecule has 1 aromatic carbocycles. The molecular weight excluding hydrogens is 318 g/mol. The fourth-order valence-electron chi connectivity index (χ4n) is 1.03. The van der Waals surface area contributed by atoms with Crippen molar-refractivity contribution in [2.45, 2.75) is 0 Å². The van der Waals surface area contributed by atoms with Crippen LogP contribution in [-0.2, 0) is 4.79 Å². The molecule has 0 atom stereocenters. The average molecular weight is 330 g/mol. The topological polar surface area (TPSA) is 117 Å². The monoisotopic (exact) mass is 329 g/mol. The van der Waals surface area contributed by atoms with Gasteiger partial charge in [-0.3, -0.25) is 10.2 Å². The molecule has 0 aliphatic rings. The van der Waals surface area contributed by atoms with Gasteiger partial charge in [-0.25, -0.2) is 0 Å². The first kappa shape index (κ1) is 14.5. The largest absolute Gasteiger partial charge is 0.370 e. The van der Waals surface area contributed by atoms with E-state index in [0.29, 0.717) is 5.69 Å². The van der Waals surface area contributed by atoms with E-state index in [4.69, 9.17) is 16.9 Å². The van der Waals surface area contributed by atoms with Crippen molar-refractivity contribution in [3.63, 3.8) is 0 Å². The summed E-state index contributed by atoms with van der Waals surface area (Å²) in [6, 6.07) is 7.26. The summed E-state index contributed by atoms with van der Waals surface area (Å²) in [7, 11) is 0. The number of halogens is 1. The van der Waals surface area contributed by atoms with Crippen LogP contribution in [0.25, 0.3) is 0 Å². The number of nitrogens with two attached hydrogens (primary N) is 2. The van der Waals surface area contributed by atoms with Crippen molar-refractivity contribution < 1.29 is 4.79 Å². The second-order valence-corrected chi connectivity index (χ2v) is 4.98. The highest BCUT2D eigenvalue weighted by molar-refractivity contribution is 9.10. The van der Waals surface area contributed by atoms with E-state index < -0.39 is 0 Å². The summed E-state index contributed by atoms with van der Waals surface area (Å²) in [5, 5.41) is 9.97. The maximum atomic E-state index is 11.6. The number of nitrogens with one attached hydrogen (secondary N) is 2. The van der Waals surface area contributed by atoms with Gasteiger partial charge in [0.1, 0.15) is 0 Å². The van der Waals surface area contributed by atoms with Crippen molar-refractivity contribution in [2.75, 3.05) is 11.1 Å². The molecule has 1 amide bonds. The fraction of sp³-hybridized carbons (Fsp3) is 0.100. The molecule has 6 nitrogen and oxygen atoms in total. The summed E-state index contributed by atoms with van der Waals surface area (Å²) >= 11 is 4.27. The number of benzene rings is 1. The molecule has 0 unspecified atom stereocenters. The van der Waals surface area contributed by atoms with E-state index in [1.807, 2.05) is 18.2 Å². The van der Waals surface area contributed by atoms with Crippen molar-refractivity contribution >= 4 is 50.4 Å². The maximum absolute atomic E-state index is 11.6. The van der Waals surface area contributed by atoms with Gasteiger partial charge in [0.2, 0.25) is 5.91 Å². The smallest absolute Gasteiger partial charge is 0.234 e. The molecule has 1 rings (SSSR count). The molecule has 0 radical (unpaired) electrons. The Hall–Kier alpha value is -1.54. The lowest BCUT2D eigenvalue weighted by Crippen LogP contribution is -2.24. The number of amidine groups is 1. The Morgan fingerprint density at radius 2 is 2.11 bits per heavy atom. The second kappa shape index (κ2) is 7.02. The van der Waals surface area contributed by atoms with Crippen molar-refractivity contribution in [2.24, 2.45) is 16.5 Å². The van der Waals surface area contributed by atoms with Gasteiger partial charge >= 0.3 is 0 Å². The summed E-state index contributed by atoms with van der Waals surface area (Å²) in [4.78, 5) is 15.1. The Bertz CT molecular complexity index is 487. The van der Waals surface area contributed by atoms with Crippen LogP contribution in [0.3, 0.4) is 0 Å². The van der Waals surface area contributed by atoms with E-state index in [2.05, 4.69) is 26.2 Å². The molecule has 1 aromatic rings. The van der Waals surface area contributed by atoms with Crippen LogP contribution in [-0.4, -0.2) is 22.8 Å². The van der Waals surface area contributed by atoms with Crippen LogP contribution >= 0.6 is 27.7 Å². The number of carbonyl (C=O) groups excluding carboxylic acids is 1. The minimum absolute atomic E-state index is 0.0664. The first-order valence-corrected chi connectivity index (χ1v) is 6.62. The number of hydrogen-bond donors (Lipinski definition) is 4. The number of hydrogen-bond acceptors (Lipinski definition) is 3.